The lowest BCUT2D eigenvalue weighted by molar-refractivity contribution is -0.150. The first kappa shape index (κ1) is 44.0. The number of β-amino-alcohol motifs (C(OH)–C–C–N with tert-alkyl or cyclic N) is 1. The van der Waals surface area contributed by atoms with Gasteiger partial charge in [0.15, 0.2) is 0 Å². The number of carboxylic acids is 1. The molecule has 54 heavy (non-hydrogen) atoms. The van der Waals surface area contributed by atoms with Crippen LogP contribution in [0.5, 0.6) is 0 Å². The molecule has 1 heterocycles. The molecule has 2 aromatic carbocycles. The van der Waals surface area contributed by atoms with Crippen molar-refractivity contribution >= 4 is 29.6 Å². The number of amides is 4. The largest absolute Gasteiger partial charge is 0.480 e. The van der Waals surface area contributed by atoms with Crippen LogP contribution in [0.15, 0.2) is 60.7 Å². The lowest BCUT2D eigenvalue weighted by Crippen LogP contribution is -2.62. The highest BCUT2D eigenvalue weighted by Crippen LogP contribution is 2.24. The first-order valence-electron chi connectivity index (χ1n) is 18.8. The van der Waals surface area contributed by atoms with E-state index in [0.29, 0.717) is 19.4 Å². The van der Waals surface area contributed by atoms with Gasteiger partial charge in [-0.25, -0.2) is 0 Å². The van der Waals surface area contributed by atoms with Crippen molar-refractivity contribution in [1.82, 2.24) is 26.2 Å². The van der Waals surface area contributed by atoms with Crippen molar-refractivity contribution in [2.45, 2.75) is 101 Å². The molecule has 15 nitrogen and oxygen atoms in total. The summed E-state index contributed by atoms with van der Waals surface area (Å²) in [4.78, 5) is 68.9. The van der Waals surface area contributed by atoms with Crippen molar-refractivity contribution in [3.8, 4) is 0 Å². The number of nitrogens with zero attached hydrogens (tertiary/aromatic N) is 1. The fourth-order valence-electron chi connectivity index (χ4n) is 6.47. The molecule has 3 rings (SSSR count). The van der Waals surface area contributed by atoms with Crippen molar-refractivity contribution in [3.05, 3.63) is 71.8 Å². The second-order valence-electron chi connectivity index (χ2n) is 14.5. The third-order valence-electron chi connectivity index (χ3n) is 9.68. The summed E-state index contributed by atoms with van der Waals surface area (Å²) in [5.41, 5.74) is 12.2. The van der Waals surface area contributed by atoms with Gasteiger partial charge in [0.2, 0.25) is 23.6 Å². The molecule has 4 amide bonds. The number of rotatable bonds is 22. The maximum absolute atomic E-state index is 14.0. The minimum Gasteiger partial charge on any atom is -0.480 e. The summed E-state index contributed by atoms with van der Waals surface area (Å²) in [5, 5.41) is 40.3. The van der Waals surface area contributed by atoms with Gasteiger partial charge < -0.3 is 47.6 Å². The maximum Gasteiger partial charge on any atom is 0.324 e. The van der Waals surface area contributed by atoms with Gasteiger partial charge in [0.25, 0.3) is 0 Å². The van der Waals surface area contributed by atoms with Crippen LogP contribution in [0.4, 0.5) is 0 Å². The van der Waals surface area contributed by atoms with Crippen LogP contribution >= 0.6 is 0 Å². The van der Waals surface area contributed by atoms with Crippen LogP contribution < -0.4 is 32.7 Å². The number of aliphatic hydroxyl groups excluding tert-OH is 2. The number of hydrogen-bond acceptors (Lipinski definition) is 10. The molecule has 0 spiro atoms. The fourth-order valence-corrected chi connectivity index (χ4v) is 6.47. The maximum atomic E-state index is 14.0. The van der Waals surface area contributed by atoms with Gasteiger partial charge >= 0.3 is 5.97 Å². The quantitative estimate of drug-likeness (QED) is 0.0714. The van der Waals surface area contributed by atoms with Crippen LogP contribution in [0.3, 0.4) is 0 Å². The summed E-state index contributed by atoms with van der Waals surface area (Å²) in [6.45, 7) is 3.69. The third kappa shape index (κ3) is 13.8. The van der Waals surface area contributed by atoms with Gasteiger partial charge in [0.1, 0.15) is 23.7 Å². The first-order chi connectivity index (χ1) is 25.8. The van der Waals surface area contributed by atoms with Gasteiger partial charge in [-0.15, -0.1) is 0 Å². The van der Waals surface area contributed by atoms with Crippen molar-refractivity contribution in [3.63, 3.8) is 0 Å². The zero-order valence-electron chi connectivity index (χ0n) is 31.4. The summed E-state index contributed by atoms with van der Waals surface area (Å²) in [6.07, 6.45) is 1.04. The number of carbonyl (C=O) groups excluding carboxylic acids is 4. The Morgan fingerprint density at radius 3 is 1.87 bits per heavy atom. The van der Waals surface area contributed by atoms with E-state index in [0.717, 1.165) is 11.1 Å². The number of nitrogens with two attached hydrogens (primary N) is 2. The summed E-state index contributed by atoms with van der Waals surface area (Å²) < 4.78 is 0. The van der Waals surface area contributed by atoms with Crippen molar-refractivity contribution in [2.75, 3.05) is 32.8 Å². The molecule has 0 bridgehead atoms. The second-order valence-corrected chi connectivity index (χ2v) is 14.5. The number of aliphatic carboxylic acids is 1. The fraction of sp³-hybridized carbons (Fsp3) is 0.564. The zero-order chi connectivity index (χ0) is 39.7. The zero-order valence-corrected chi connectivity index (χ0v) is 31.4. The Kier molecular flexibility index (Phi) is 18.0. The lowest BCUT2D eigenvalue weighted by Gasteiger charge is -2.41. The Balaban J connectivity index is 1.77. The average Bonchev–Trinajstić information content (AvgIpc) is 3.16. The molecule has 5 atom stereocenters. The van der Waals surface area contributed by atoms with Crippen molar-refractivity contribution in [2.24, 2.45) is 17.4 Å². The molecule has 0 aromatic heterocycles. The van der Waals surface area contributed by atoms with Crippen LogP contribution in [0, 0.1) is 5.92 Å². The summed E-state index contributed by atoms with van der Waals surface area (Å²) in [5.74, 6) is -3.20. The number of piperidine rings is 1. The first-order valence-corrected chi connectivity index (χ1v) is 18.8. The van der Waals surface area contributed by atoms with E-state index in [1.54, 1.807) is 0 Å². The van der Waals surface area contributed by atoms with E-state index in [1.165, 1.54) is 4.90 Å². The highest BCUT2D eigenvalue weighted by Gasteiger charge is 2.43. The molecule has 0 radical (unpaired) electrons. The van der Waals surface area contributed by atoms with Crippen LogP contribution in [0.25, 0.3) is 0 Å². The Morgan fingerprint density at radius 1 is 0.796 bits per heavy atom. The van der Waals surface area contributed by atoms with Gasteiger partial charge in [0, 0.05) is 26.1 Å². The number of carboxylic acid groups (broad SMARTS) is 1. The van der Waals surface area contributed by atoms with Gasteiger partial charge in [0.05, 0.1) is 18.8 Å². The topological polar surface area (TPSA) is 249 Å². The number of likely N-dealkylation sites (tertiary alicyclic amines) is 1. The Morgan fingerprint density at radius 2 is 1.33 bits per heavy atom. The number of hydrogen-bond donors (Lipinski definition) is 9. The molecule has 15 heteroatoms. The van der Waals surface area contributed by atoms with E-state index >= 15 is 0 Å². The molecular weight excluding hydrogens is 694 g/mol. The van der Waals surface area contributed by atoms with Crippen LogP contribution in [-0.2, 0) is 36.8 Å². The highest BCUT2D eigenvalue weighted by molar-refractivity contribution is 5.95. The minimum absolute atomic E-state index is 0.0306. The number of unbranched alkanes of at least 4 members (excludes halogenated alkanes) is 1. The van der Waals surface area contributed by atoms with Crippen molar-refractivity contribution in [1.29, 1.82) is 0 Å². The van der Waals surface area contributed by atoms with Gasteiger partial charge in [-0.05, 0) is 68.5 Å². The molecule has 11 N–H and O–H groups in total. The molecule has 2 aromatic rings. The summed E-state index contributed by atoms with van der Waals surface area (Å²) >= 11 is 0. The SMILES string of the molecule is CC(C)C[C@@H](NC(=O)[C@@H](Cc1ccccc1)NC(=O)[C@H](N)Cc1ccccc1)C(=O)N[C@H](CCCCN)C(=O)N1CCC(NC[C@@H](O)CO)(C(=O)O)CC1. The third-order valence-corrected chi connectivity index (χ3v) is 9.68. The van der Waals surface area contributed by atoms with Gasteiger partial charge in [-0.2, -0.15) is 0 Å². The lowest BCUT2D eigenvalue weighted by atomic mass is 9.86. The Hall–Kier alpha value is -4.41. The molecule has 1 aliphatic rings. The summed E-state index contributed by atoms with van der Waals surface area (Å²) in [7, 11) is 0. The standard InChI is InChI=1S/C39H59N7O8/c1-26(2)21-32(45-36(51)33(23-28-13-7-4-8-14-28)44-34(49)30(41)22-27-11-5-3-6-12-27)35(50)43-31(15-9-10-18-40)37(52)46-19-16-39(17-20-46,38(53)54)42-24-29(48)25-47/h3-8,11-14,26,29-33,42,47-48H,9-10,15-25,40-41H2,1-2H3,(H,43,50)(H,44,49)(H,45,51)(H,53,54)/t29-,30-,31-,32-,33-/m1/s1. The van der Waals surface area contributed by atoms with Gasteiger partial charge in [-0.1, -0.05) is 74.5 Å². The Bertz CT molecular complexity index is 1490. The molecule has 1 aliphatic heterocycles. The number of aliphatic hydroxyl groups is 2. The second kappa shape index (κ2) is 22.1. The van der Waals surface area contributed by atoms with Crippen LogP contribution in [0.1, 0.15) is 63.5 Å². The van der Waals surface area contributed by atoms with Gasteiger partial charge in [-0.3, -0.25) is 29.3 Å². The molecular formula is C39H59N7O8. The molecule has 0 aliphatic carbocycles. The van der Waals surface area contributed by atoms with E-state index < -0.39 is 66.1 Å². The Labute approximate surface area is 317 Å². The molecule has 1 saturated heterocycles. The smallest absolute Gasteiger partial charge is 0.324 e. The minimum atomic E-state index is -1.39. The summed E-state index contributed by atoms with van der Waals surface area (Å²) in [6, 6.07) is 14.5. The highest BCUT2D eigenvalue weighted by atomic mass is 16.4. The van der Waals surface area contributed by atoms with E-state index in [2.05, 4.69) is 21.3 Å². The number of carbonyl (C=O) groups is 5. The molecule has 1 fully saturated rings. The normalized spacial score (nSPS) is 16.8. The monoisotopic (exact) mass is 753 g/mol. The van der Waals surface area contributed by atoms with Crippen LogP contribution in [-0.4, -0.2) is 118 Å². The van der Waals surface area contributed by atoms with E-state index in [-0.39, 0.29) is 70.0 Å². The molecule has 0 unspecified atom stereocenters. The predicted octanol–water partition coefficient (Wildman–Crippen LogP) is -0.183. The predicted molar refractivity (Wildman–Crippen MR) is 204 cm³/mol. The molecule has 0 saturated carbocycles. The van der Waals surface area contributed by atoms with E-state index in [9.17, 15) is 34.2 Å². The van der Waals surface area contributed by atoms with Crippen molar-refractivity contribution < 1.29 is 39.3 Å². The van der Waals surface area contributed by atoms with Crippen LogP contribution in [0.2, 0.25) is 0 Å². The number of nitrogens with one attached hydrogen (secondary N) is 4. The molecule has 298 valence electrons. The van der Waals surface area contributed by atoms with E-state index in [1.807, 2.05) is 74.5 Å². The average molecular weight is 754 g/mol. The van der Waals surface area contributed by atoms with E-state index in [4.69, 9.17) is 16.6 Å². The number of benzene rings is 2.